The first-order chi connectivity index (χ1) is 17.8. The van der Waals surface area contributed by atoms with Gasteiger partial charge < -0.3 is 24.6 Å². The van der Waals surface area contributed by atoms with Gasteiger partial charge in [0.15, 0.2) is 0 Å². The molecule has 37 heavy (non-hydrogen) atoms. The highest BCUT2D eigenvalue weighted by atomic mass is 16.5. The Morgan fingerprint density at radius 2 is 1.76 bits per heavy atom. The molecule has 1 aromatic heterocycles. The van der Waals surface area contributed by atoms with Crippen LogP contribution in [0.4, 0.5) is 5.69 Å². The Hall–Kier alpha value is -4.40. The fourth-order valence-corrected chi connectivity index (χ4v) is 5.30. The normalized spacial score (nSPS) is 18.0. The van der Waals surface area contributed by atoms with Crippen molar-refractivity contribution in [2.24, 2.45) is 5.92 Å². The maximum atomic E-state index is 13.2. The molecule has 1 fully saturated rings. The number of aromatic carboxylic acids is 1. The molecular formula is C28H27N3O6. The second-order valence-electron chi connectivity index (χ2n) is 9.56. The summed E-state index contributed by atoms with van der Waals surface area (Å²) in [4.78, 5) is 52.1. The molecule has 2 aliphatic rings. The quantitative estimate of drug-likeness (QED) is 0.536. The first-order valence-corrected chi connectivity index (χ1v) is 12.1. The number of rotatable bonds is 6. The van der Waals surface area contributed by atoms with Crippen LogP contribution in [0.1, 0.15) is 44.3 Å². The molecule has 9 heteroatoms. The minimum absolute atomic E-state index is 0.0177. The van der Waals surface area contributed by atoms with Gasteiger partial charge in [0.1, 0.15) is 11.4 Å². The highest BCUT2D eigenvalue weighted by Gasteiger charge is 2.37. The molecule has 0 unspecified atom stereocenters. The highest BCUT2D eigenvalue weighted by Crippen LogP contribution is 2.36. The van der Waals surface area contributed by atoms with Crippen molar-refractivity contribution >= 4 is 23.5 Å². The lowest BCUT2D eigenvalue weighted by molar-refractivity contribution is -0.115. The van der Waals surface area contributed by atoms with Crippen LogP contribution in [0.25, 0.3) is 0 Å². The van der Waals surface area contributed by atoms with Crippen LogP contribution in [-0.2, 0) is 17.8 Å². The summed E-state index contributed by atoms with van der Waals surface area (Å²) in [7, 11) is 1.58. The average Bonchev–Trinajstić information content (AvgIpc) is 2.90. The summed E-state index contributed by atoms with van der Waals surface area (Å²) in [5.74, 6) is -0.797. The number of piperidine rings is 1. The van der Waals surface area contributed by atoms with Gasteiger partial charge in [0, 0.05) is 36.8 Å². The molecule has 2 aliphatic heterocycles. The molecule has 3 aromatic rings. The van der Waals surface area contributed by atoms with E-state index in [0.29, 0.717) is 30.9 Å². The average molecular weight is 502 g/mol. The molecule has 0 radical (unpaired) electrons. The second-order valence-corrected chi connectivity index (χ2v) is 9.56. The van der Waals surface area contributed by atoms with E-state index in [1.54, 1.807) is 46.9 Å². The van der Waals surface area contributed by atoms with Gasteiger partial charge in [-0.3, -0.25) is 14.4 Å². The number of carboxylic acid groups (broad SMARTS) is 1. The molecule has 190 valence electrons. The van der Waals surface area contributed by atoms with Crippen LogP contribution >= 0.6 is 0 Å². The van der Waals surface area contributed by atoms with Crippen LogP contribution in [0, 0.1) is 5.92 Å². The molecule has 2 atom stereocenters. The molecule has 9 nitrogen and oxygen atoms in total. The summed E-state index contributed by atoms with van der Waals surface area (Å²) >= 11 is 0. The molecule has 2 amide bonds. The molecule has 2 N–H and O–H groups in total. The fourth-order valence-electron chi connectivity index (χ4n) is 5.30. The minimum Gasteiger partial charge on any atom is -0.497 e. The van der Waals surface area contributed by atoms with Gasteiger partial charge in [0.2, 0.25) is 5.91 Å². The van der Waals surface area contributed by atoms with E-state index in [1.807, 2.05) is 18.2 Å². The molecule has 0 saturated carbocycles. The van der Waals surface area contributed by atoms with Gasteiger partial charge in [-0.25, -0.2) is 4.79 Å². The number of methoxy groups -OCH3 is 1. The van der Waals surface area contributed by atoms with Gasteiger partial charge in [-0.15, -0.1) is 0 Å². The topological polar surface area (TPSA) is 118 Å². The molecule has 2 aromatic carbocycles. The standard InChI is InChI=1S/C28H27N3O6/c1-37-22-7-5-17(6-8-22)12-25(32)29-23-9-10-24-21-11-18(15-31(24)27(23)34)14-30(16-21)26(33)19-3-2-4-20(13-19)28(35)36/h2-10,13,18,21H,11-12,14-16H2,1H3,(H,29,32)(H,35,36)/t18-,21-/m1/s1. The number of carboxylic acids is 1. The number of hydrogen-bond acceptors (Lipinski definition) is 5. The molecule has 1 saturated heterocycles. The van der Waals surface area contributed by atoms with Gasteiger partial charge in [0.25, 0.3) is 11.5 Å². The van der Waals surface area contributed by atoms with Crippen LogP contribution < -0.4 is 15.6 Å². The number of nitrogens with one attached hydrogen (secondary N) is 1. The van der Waals surface area contributed by atoms with E-state index in [0.717, 1.165) is 17.7 Å². The summed E-state index contributed by atoms with van der Waals surface area (Å²) in [5, 5.41) is 12.0. The Morgan fingerprint density at radius 1 is 1.00 bits per heavy atom. The molecular weight excluding hydrogens is 474 g/mol. The van der Waals surface area contributed by atoms with Crippen molar-refractivity contribution in [3.8, 4) is 5.75 Å². The van der Waals surface area contributed by atoms with Crippen molar-refractivity contribution in [1.82, 2.24) is 9.47 Å². The number of hydrogen-bond donors (Lipinski definition) is 2. The predicted octanol–water partition coefficient (Wildman–Crippen LogP) is 3.00. The zero-order chi connectivity index (χ0) is 26.1. The van der Waals surface area contributed by atoms with Crippen molar-refractivity contribution < 1.29 is 24.2 Å². The van der Waals surface area contributed by atoms with Crippen molar-refractivity contribution in [2.75, 3.05) is 25.5 Å². The van der Waals surface area contributed by atoms with E-state index in [9.17, 15) is 24.3 Å². The number of fused-ring (bicyclic) bond motifs is 4. The summed E-state index contributed by atoms with van der Waals surface area (Å²) in [5.41, 5.74) is 2.05. The third-order valence-electron chi connectivity index (χ3n) is 7.05. The van der Waals surface area contributed by atoms with E-state index >= 15 is 0 Å². The number of anilines is 1. The number of ether oxygens (including phenoxy) is 1. The maximum absolute atomic E-state index is 13.2. The Balaban J connectivity index is 1.30. The number of nitrogens with zero attached hydrogens (tertiary/aromatic N) is 2. The predicted molar refractivity (Wildman–Crippen MR) is 136 cm³/mol. The third-order valence-corrected chi connectivity index (χ3v) is 7.05. The van der Waals surface area contributed by atoms with E-state index < -0.39 is 5.97 Å². The Kier molecular flexibility index (Phi) is 6.52. The molecule has 2 bridgehead atoms. The largest absolute Gasteiger partial charge is 0.497 e. The zero-order valence-corrected chi connectivity index (χ0v) is 20.3. The van der Waals surface area contributed by atoms with Gasteiger partial charge in [0.05, 0.1) is 19.1 Å². The van der Waals surface area contributed by atoms with E-state index in [1.165, 1.54) is 12.1 Å². The van der Waals surface area contributed by atoms with E-state index in [-0.39, 0.29) is 46.9 Å². The van der Waals surface area contributed by atoms with Gasteiger partial charge in [-0.1, -0.05) is 18.2 Å². The van der Waals surface area contributed by atoms with Crippen LogP contribution in [-0.4, -0.2) is 52.6 Å². The Bertz CT molecular complexity index is 1430. The first-order valence-electron chi connectivity index (χ1n) is 12.1. The van der Waals surface area contributed by atoms with Crippen molar-refractivity contribution in [3.63, 3.8) is 0 Å². The van der Waals surface area contributed by atoms with Crippen LogP contribution in [0.3, 0.4) is 0 Å². The first kappa shape index (κ1) is 24.3. The summed E-state index contributed by atoms with van der Waals surface area (Å²) in [6.45, 7) is 1.37. The summed E-state index contributed by atoms with van der Waals surface area (Å²) in [6, 6.07) is 16.7. The number of aromatic nitrogens is 1. The number of amides is 2. The SMILES string of the molecule is COc1ccc(CC(=O)Nc2ccc3n(c2=O)C[C@@H]2C[C@@H]3CN(C(=O)c3cccc(C(=O)O)c3)C2)cc1. The van der Waals surface area contributed by atoms with Gasteiger partial charge in [-0.2, -0.15) is 0 Å². The molecule has 3 heterocycles. The lowest BCUT2D eigenvalue weighted by Gasteiger charge is -2.43. The lowest BCUT2D eigenvalue weighted by atomic mass is 9.83. The van der Waals surface area contributed by atoms with Crippen LogP contribution in [0.2, 0.25) is 0 Å². The summed E-state index contributed by atoms with van der Waals surface area (Å²) in [6.07, 6.45) is 0.998. The van der Waals surface area contributed by atoms with E-state index in [4.69, 9.17) is 4.74 Å². The lowest BCUT2D eigenvalue weighted by Crippen LogP contribution is -2.49. The van der Waals surface area contributed by atoms with Gasteiger partial charge >= 0.3 is 5.97 Å². The zero-order valence-electron chi connectivity index (χ0n) is 20.3. The summed E-state index contributed by atoms with van der Waals surface area (Å²) < 4.78 is 6.85. The monoisotopic (exact) mass is 501 g/mol. The second kappa shape index (κ2) is 9.93. The third kappa shape index (κ3) is 4.97. The maximum Gasteiger partial charge on any atom is 0.335 e. The van der Waals surface area contributed by atoms with Crippen LogP contribution in [0.15, 0.2) is 65.5 Å². The fraction of sp³-hybridized carbons (Fsp3) is 0.286. The van der Waals surface area contributed by atoms with Crippen molar-refractivity contribution in [3.05, 3.63) is 93.4 Å². The number of benzene rings is 2. The number of likely N-dealkylation sites (tertiary alicyclic amines) is 1. The minimum atomic E-state index is -1.08. The van der Waals surface area contributed by atoms with E-state index in [2.05, 4.69) is 5.32 Å². The number of carbonyl (C=O) groups excluding carboxylic acids is 2. The Morgan fingerprint density at radius 3 is 2.49 bits per heavy atom. The van der Waals surface area contributed by atoms with Crippen molar-refractivity contribution in [1.29, 1.82) is 0 Å². The van der Waals surface area contributed by atoms with Crippen molar-refractivity contribution in [2.45, 2.75) is 25.3 Å². The number of carbonyl (C=O) groups is 3. The number of pyridine rings is 1. The van der Waals surface area contributed by atoms with Crippen LogP contribution in [0.5, 0.6) is 5.75 Å². The molecule has 0 aliphatic carbocycles. The Labute approximate surface area is 213 Å². The molecule has 5 rings (SSSR count). The smallest absolute Gasteiger partial charge is 0.335 e. The van der Waals surface area contributed by atoms with Gasteiger partial charge in [-0.05, 0) is 60.4 Å². The molecule has 0 spiro atoms. The highest BCUT2D eigenvalue weighted by molar-refractivity contribution is 5.97.